The average molecular weight is 227 g/mol. The van der Waals surface area contributed by atoms with Crippen LogP contribution in [0.1, 0.15) is 12.5 Å². The first-order valence-electron chi connectivity index (χ1n) is 4.26. The number of aliphatic hydroxyl groups is 2. The average Bonchev–Trinajstić information content (AvgIpc) is 2.14. The maximum Gasteiger partial charge on any atom is 0.186 e. The van der Waals surface area contributed by atoms with Crippen LogP contribution in [0.15, 0.2) is 24.3 Å². The summed E-state index contributed by atoms with van der Waals surface area (Å²) >= 11 is 4.60. The van der Waals surface area contributed by atoms with Crippen molar-refractivity contribution in [3.8, 4) is 0 Å². The number of hydrogen-bond donors (Lipinski definition) is 5. The van der Waals surface area contributed by atoms with Gasteiger partial charge in [-0.15, -0.1) is 0 Å². The van der Waals surface area contributed by atoms with Crippen LogP contribution in [0.4, 0.5) is 5.69 Å². The van der Waals surface area contributed by atoms with Crippen molar-refractivity contribution >= 4 is 23.0 Å². The van der Waals surface area contributed by atoms with Crippen LogP contribution in [0.5, 0.6) is 0 Å². The van der Waals surface area contributed by atoms with Crippen molar-refractivity contribution in [2.45, 2.75) is 12.7 Å². The molecule has 0 heterocycles. The molecule has 1 aromatic carbocycles. The Morgan fingerprint density at radius 1 is 1.33 bits per heavy atom. The fourth-order valence-corrected chi connectivity index (χ4v) is 1.05. The lowest BCUT2D eigenvalue weighted by molar-refractivity contribution is -0.152. The molecular formula is C9H13N3O2S. The van der Waals surface area contributed by atoms with E-state index in [2.05, 4.69) is 23.1 Å². The van der Waals surface area contributed by atoms with E-state index < -0.39 is 5.79 Å². The maximum atomic E-state index is 9.28. The van der Waals surface area contributed by atoms with Gasteiger partial charge in [0, 0.05) is 5.56 Å². The molecule has 15 heavy (non-hydrogen) atoms. The lowest BCUT2D eigenvalue weighted by atomic mass is 10.1. The van der Waals surface area contributed by atoms with Crippen molar-refractivity contribution in [1.82, 2.24) is 5.43 Å². The zero-order chi connectivity index (χ0) is 11.5. The molecule has 0 atom stereocenters. The number of thiocarbonyl (C=S) groups is 1. The van der Waals surface area contributed by atoms with E-state index in [1.165, 1.54) is 6.92 Å². The van der Waals surface area contributed by atoms with Crippen molar-refractivity contribution < 1.29 is 10.2 Å². The zero-order valence-corrected chi connectivity index (χ0v) is 9.01. The molecule has 0 saturated heterocycles. The van der Waals surface area contributed by atoms with Gasteiger partial charge in [0.2, 0.25) is 0 Å². The number of anilines is 1. The topological polar surface area (TPSA) is 90.5 Å². The fraction of sp³-hybridized carbons (Fsp3) is 0.222. The minimum absolute atomic E-state index is 0.133. The lowest BCUT2D eigenvalue weighted by Crippen LogP contribution is -2.33. The first-order valence-corrected chi connectivity index (χ1v) is 4.67. The number of hydrogen-bond acceptors (Lipinski definition) is 4. The quantitative estimate of drug-likeness (QED) is 0.284. The second-order valence-electron chi connectivity index (χ2n) is 3.21. The highest BCUT2D eigenvalue weighted by atomic mass is 32.1. The van der Waals surface area contributed by atoms with Crippen molar-refractivity contribution in [1.29, 1.82) is 0 Å². The molecule has 0 spiro atoms. The molecule has 0 aliphatic carbocycles. The summed E-state index contributed by atoms with van der Waals surface area (Å²) in [6.07, 6.45) is 0. The highest BCUT2D eigenvalue weighted by molar-refractivity contribution is 7.80. The van der Waals surface area contributed by atoms with E-state index in [1.54, 1.807) is 24.3 Å². The smallest absolute Gasteiger partial charge is 0.186 e. The van der Waals surface area contributed by atoms with Gasteiger partial charge in [0.25, 0.3) is 0 Å². The fourth-order valence-electron chi connectivity index (χ4n) is 1.00. The summed E-state index contributed by atoms with van der Waals surface area (Å²) in [7, 11) is 0. The predicted molar refractivity (Wildman–Crippen MR) is 61.8 cm³/mol. The lowest BCUT2D eigenvalue weighted by Gasteiger charge is -2.16. The molecule has 6 N–H and O–H groups in total. The minimum Gasteiger partial charge on any atom is -0.375 e. The molecule has 0 amide bonds. The van der Waals surface area contributed by atoms with E-state index in [0.29, 0.717) is 5.56 Å². The van der Waals surface area contributed by atoms with Crippen molar-refractivity contribution in [2.24, 2.45) is 5.73 Å². The Bertz CT molecular complexity index is 345. The molecular weight excluding hydrogens is 214 g/mol. The molecule has 0 aliphatic heterocycles. The SMILES string of the molecule is CC(O)(O)c1ccc(NNC(N)=S)cc1. The summed E-state index contributed by atoms with van der Waals surface area (Å²) in [5.74, 6) is -1.82. The van der Waals surface area contributed by atoms with E-state index in [1.807, 2.05) is 0 Å². The summed E-state index contributed by atoms with van der Waals surface area (Å²) in [5.41, 5.74) is 11.6. The van der Waals surface area contributed by atoms with Crippen LogP contribution < -0.4 is 16.6 Å². The van der Waals surface area contributed by atoms with Gasteiger partial charge < -0.3 is 15.9 Å². The second-order valence-corrected chi connectivity index (χ2v) is 3.65. The van der Waals surface area contributed by atoms with Crippen LogP contribution in [0, 0.1) is 0 Å². The predicted octanol–water partition coefficient (Wildman–Crippen LogP) is 0.00400. The van der Waals surface area contributed by atoms with Crippen LogP contribution in [0.25, 0.3) is 0 Å². The highest BCUT2D eigenvalue weighted by Gasteiger charge is 2.17. The zero-order valence-electron chi connectivity index (χ0n) is 8.19. The third-order valence-electron chi connectivity index (χ3n) is 1.76. The number of benzene rings is 1. The Balaban J connectivity index is 2.69. The summed E-state index contributed by atoms with van der Waals surface area (Å²) in [5, 5.41) is 18.7. The van der Waals surface area contributed by atoms with E-state index >= 15 is 0 Å². The Hall–Kier alpha value is -1.37. The normalized spacial score (nSPS) is 10.9. The van der Waals surface area contributed by atoms with Gasteiger partial charge in [0.1, 0.15) is 0 Å². The highest BCUT2D eigenvalue weighted by Crippen LogP contribution is 2.18. The molecule has 0 fully saturated rings. The van der Waals surface area contributed by atoms with E-state index in [-0.39, 0.29) is 5.11 Å². The number of rotatable bonds is 3. The van der Waals surface area contributed by atoms with Crippen molar-refractivity contribution in [2.75, 3.05) is 5.43 Å². The van der Waals surface area contributed by atoms with Gasteiger partial charge >= 0.3 is 0 Å². The standard InChI is InChI=1S/C9H13N3O2S/c1-9(13,14)6-2-4-7(5-3-6)11-12-8(10)15/h2-5,11,13-14H,1H3,(H3,10,12,15). The molecule has 1 aromatic rings. The first kappa shape index (κ1) is 11.7. The van der Waals surface area contributed by atoms with Gasteiger partial charge in [0.05, 0.1) is 5.69 Å². The summed E-state index contributed by atoms with van der Waals surface area (Å²) < 4.78 is 0. The van der Waals surface area contributed by atoms with Crippen LogP contribution in [-0.2, 0) is 5.79 Å². The van der Waals surface area contributed by atoms with Crippen LogP contribution in [0.2, 0.25) is 0 Å². The van der Waals surface area contributed by atoms with Crippen LogP contribution in [-0.4, -0.2) is 15.3 Å². The van der Waals surface area contributed by atoms with E-state index in [9.17, 15) is 10.2 Å². The molecule has 0 radical (unpaired) electrons. The monoisotopic (exact) mass is 227 g/mol. The van der Waals surface area contributed by atoms with Gasteiger partial charge in [-0.1, -0.05) is 12.1 Å². The summed E-state index contributed by atoms with van der Waals surface area (Å²) in [6, 6.07) is 6.52. The van der Waals surface area contributed by atoms with E-state index in [0.717, 1.165) is 5.69 Å². The van der Waals surface area contributed by atoms with E-state index in [4.69, 9.17) is 5.73 Å². The first-order chi connectivity index (χ1) is 6.89. The summed E-state index contributed by atoms with van der Waals surface area (Å²) in [6.45, 7) is 1.29. The molecule has 0 aliphatic rings. The number of hydrazine groups is 1. The molecule has 0 unspecified atom stereocenters. The molecule has 0 bridgehead atoms. The Labute approximate surface area is 92.9 Å². The molecule has 0 saturated carbocycles. The van der Waals surface area contributed by atoms with Gasteiger partial charge in [-0.25, -0.2) is 0 Å². The number of nitrogens with one attached hydrogen (secondary N) is 2. The van der Waals surface area contributed by atoms with Gasteiger partial charge in [0.15, 0.2) is 10.9 Å². The van der Waals surface area contributed by atoms with Crippen molar-refractivity contribution in [3.63, 3.8) is 0 Å². The Morgan fingerprint density at radius 3 is 2.27 bits per heavy atom. The second kappa shape index (κ2) is 4.43. The molecule has 6 heteroatoms. The molecule has 0 aromatic heterocycles. The third-order valence-corrected chi connectivity index (χ3v) is 1.86. The van der Waals surface area contributed by atoms with Crippen molar-refractivity contribution in [3.05, 3.63) is 29.8 Å². The van der Waals surface area contributed by atoms with Gasteiger partial charge in [-0.05, 0) is 31.3 Å². The molecule has 82 valence electrons. The van der Waals surface area contributed by atoms with Crippen LogP contribution in [0.3, 0.4) is 0 Å². The third kappa shape index (κ3) is 3.70. The van der Waals surface area contributed by atoms with Crippen LogP contribution >= 0.6 is 12.2 Å². The van der Waals surface area contributed by atoms with Gasteiger partial charge in [-0.2, -0.15) is 0 Å². The number of nitrogens with two attached hydrogens (primary N) is 1. The molecule has 5 nitrogen and oxygen atoms in total. The largest absolute Gasteiger partial charge is 0.375 e. The van der Waals surface area contributed by atoms with Gasteiger partial charge in [-0.3, -0.25) is 10.9 Å². The Kier molecular flexibility index (Phi) is 3.46. The summed E-state index contributed by atoms with van der Waals surface area (Å²) in [4.78, 5) is 0. The Morgan fingerprint density at radius 2 is 1.87 bits per heavy atom. The maximum absolute atomic E-state index is 9.28. The molecule has 1 rings (SSSR count). The minimum atomic E-state index is -1.82.